The molecule has 1 aliphatic carbocycles. The largest absolute Gasteiger partial charge is 0.359 e. The molecule has 0 atom stereocenters. The molecule has 0 spiro atoms. The van der Waals surface area contributed by atoms with Crippen molar-refractivity contribution in [3.63, 3.8) is 0 Å². The molecule has 0 radical (unpaired) electrons. The molecular weight excluding hydrogens is 276 g/mol. The third kappa shape index (κ3) is 5.50. The van der Waals surface area contributed by atoms with Gasteiger partial charge in [-0.1, -0.05) is 13.8 Å². The summed E-state index contributed by atoms with van der Waals surface area (Å²) in [5.41, 5.74) is -0.457. The van der Waals surface area contributed by atoms with Crippen LogP contribution < -0.4 is 16.0 Å². The molecular formula is C17H34N4O. The highest BCUT2D eigenvalue weighted by molar-refractivity contribution is 5.84. The van der Waals surface area contributed by atoms with Gasteiger partial charge in [0.15, 0.2) is 5.96 Å². The zero-order valence-corrected chi connectivity index (χ0v) is 15.1. The maximum atomic E-state index is 11.8. The lowest BCUT2D eigenvalue weighted by Crippen LogP contribution is -2.50. The van der Waals surface area contributed by atoms with Crippen molar-refractivity contribution in [3.05, 3.63) is 0 Å². The molecule has 1 saturated carbocycles. The minimum Gasteiger partial charge on any atom is -0.359 e. The summed E-state index contributed by atoms with van der Waals surface area (Å²) in [7, 11) is 3.45. The van der Waals surface area contributed by atoms with Crippen LogP contribution in [0.4, 0.5) is 0 Å². The maximum Gasteiger partial charge on any atom is 0.227 e. The standard InChI is InChI=1S/C17H34N4O/c1-12(2)13-7-9-14(10-8-13)21-16(19-6)20-11-17(3,4)15(22)18-5/h12-14H,7-11H2,1-6H3,(H,18,22)(H2,19,20,21). The third-order valence-corrected chi connectivity index (χ3v) is 4.82. The van der Waals surface area contributed by atoms with Crippen molar-refractivity contribution in [1.29, 1.82) is 0 Å². The van der Waals surface area contributed by atoms with Crippen LogP contribution in [0.25, 0.3) is 0 Å². The van der Waals surface area contributed by atoms with Crippen LogP contribution in [0.15, 0.2) is 4.99 Å². The van der Waals surface area contributed by atoms with Crippen molar-refractivity contribution in [2.45, 2.75) is 59.4 Å². The molecule has 22 heavy (non-hydrogen) atoms. The molecule has 5 nitrogen and oxygen atoms in total. The molecule has 0 aromatic carbocycles. The van der Waals surface area contributed by atoms with Gasteiger partial charge in [-0.3, -0.25) is 9.79 Å². The molecule has 0 heterocycles. The Bertz CT molecular complexity index is 382. The lowest BCUT2D eigenvalue weighted by molar-refractivity contribution is -0.128. The monoisotopic (exact) mass is 310 g/mol. The van der Waals surface area contributed by atoms with Crippen molar-refractivity contribution >= 4 is 11.9 Å². The lowest BCUT2D eigenvalue weighted by Gasteiger charge is -2.32. The topological polar surface area (TPSA) is 65.5 Å². The minimum atomic E-state index is -0.457. The second-order valence-corrected chi connectivity index (χ2v) is 7.39. The van der Waals surface area contributed by atoms with Gasteiger partial charge < -0.3 is 16.0 Å². The molecule has 0 bridgehead atoms. The summed E-state index contributed by atoms with van der Waals surface area (Å²) in [4.78, 5) is 16.1. The first-order chi connectivity index (χ1) is 10.3. The number of carbonyl (C=O) groups is 1. The average molecular weight is 310 g/mol. The molecule has 0 aromatic rings. The van der Waals surface area contributed by atoms with Crippen LogP contribution in [-0.4, -0.2) is 38.5 Å². The van der Waals surface area contributed by atoms with Crippen molar-refractivity contribution in [2.75, 3.05) is 20.6 Å². The van der Waals surface area contributed by atoms with Crippen LogP contribution in [0.1, 0.15) is 53.4 Å². The van der Waals surface area contributed by atoms with E-state index in [0.29, 0.717) is 12.6 Å². The van der Waals surface area contributed by atoms with E-state index in [2.05, 4.69) is 34.8 Å². The van der Waals surface area contributed by atoms with E-state index >= 15 is 0 Å². The number of amides is 1. The Labute approximate surface area is 135 Å². The van der Waals surface area contributed by atoms with E-state index in [9.17, 15) is 4.79 Å². The van der Waals surface area contributed by atoms with Gasteiger partial charge in [-0.25, -0.2) is 0 Å². The van der Waals surface area contributed by atoms with E-state index in [1.165, 1.54) is 25.7 Å². The van der Waals surface area contributed by atoms with Gasteiger partial charge in [-0.15, -0.1) is 0 Å². The second kappa shape index (κ2) is 8.39. The number of nitrogens with one attached hydrogen (secondary N) is 3. The Morgan fingerprint density at radius 1 is 1.23 bits per heavy atom. The SMILES string of the molecule is CN=C(NCC(C)(C)C(=O)NC)NC1CCC(C(C)C)CC1. The van der Waals surface area contributed by atoms with Crippen molar-refractivity contribution in [2.24, 2.45) is 22.2 Å². The van der Waals surface area contributed by atoms with Gasteiger partial charge in [0.2, 0.25) is 5.91 Å². The van der Waals surface area contributed by atoms with Gasteiger partial charge in [0, 0.05) is 26.7 Å². The van der Waals surface area contributed by atoms with E-state index < -0.39 is 5.41 Å². The molecule has 1 amide bonds. The summed E-state index contributed by atoms with van der Waals surface area (Å²) in [5.74, 6) is 2.48. The highest BCUT2D eigenvalue weighted by Crippen LogP contribution is 2.29. The second-order valence-electron chi connectivity index (χ2n) is 7.39. The van der Waals surface area contributed by atoms with Gasteiger partial charge in [-0.2, -0.15) is 0 Å². The molecule has 128 valence electrons. The first kappa shape index (κ1) is 18.8. The number of hydrogen-bond acceptors (Lipinski definition) is 2. The zero-order valence-electron chi connectivity index (χ0n) is 15.1. The number of aliphatic imine (C=N–C) groups is 1. The molecule has 0 saturated heterocycles. The summed E-state index contributed by atoms with van der Waals surface area (Å²) in [5, 5.41) is 9.49. The molecule has 3 N–H and O–H groups in total. The minimum absolute atomic E-state index is 0.0351. The zero-order chi connectivity index (χ0) is 16.8. The first-order valence-corrected chi connectivity index (χ1v) is 8.49. The van der Waals surface area contributed by atoms with Crippen LogP contribution in [0.2, 0.25) is 0 Å². The molecule has 1 fully saturated rings. The van der Waals surface area contributed by atoms with Crippen LogP contribution in [0.5, 0.6) is 0 Å². The van der Waals surface area contributed by atoms with Gasteiger partial charge in [0.1, 0.15) is 0 Å². The number of rotatable bonds is 5. The fourth-order valence-corrected chi connectivity index (χ4v) is 3.04. The molecule has 0 aliphatic heterocycles. The van der Waals surface area contributed by atoms with E-state index in [0.717, 1.165) is 17.8 Å². The van der Waals surface area contributed by atoms with E-state index in [-0.39, 0.29) is 5.91 Å². The average Bonchev–Trinajstić information content (AvgIpc) is 2.50. The fourth-order valence-electron chi connectivity index (χ4n) is 3.04. The van der Waals surface area contributed by atoms with Gasteiger partial charge in [0.05, 0.1) is 5.41 Å². The fraction of sp³-hybridized carbons (Fsp3) is 0.882. The predicted molar refractivity (Wildman–Crippen MR) is 92.9 cm³/mol. The quantitative estimate of drug-likeness (QED) is 0.538. The van der Waals surface area contributed by atoms with Crippen molar-refractivity contribution in [3.8, 4) is 0 Å². The van der Waals surface area contributed by atoms with Gasteiger partial charge >= 0.3 is 0 Å². The molecule has 1 aliphatic rings. The summed E-state index contributed by atoms with van der Waals surface area (Å²) in [6.45, 7) is 9.06. The number of guanidine groups is 1. The smallest absolute Gasteiger partial charge is 0.227 e. The third-order valence-electron chi connectivity index (χ3n) is 4.82. The van der Waals surface area contributed by atoms with E-state index in [1.807, 2.05) is 13.8 Å². The normalized spacial score (nSPS) is 23.3. The van der Waals surface area contributed by atoms with E-state index in [4.69, 9.17) is 0 Å². The Kier molecular flexibility index (Phi) is 7.17. The Morgan fingerprint density at radius 2 is 1.82 bits per heavy atom. The van der Waals surface area contributed by atoms with Crippen molar-refractivity contribution < 1.29 is 4.79 Å². The van der Waals surface area contributed by atoms with Gasteiger partial charge in [-0.05, 0) is 51.4 Å². The summed E-state index contributed by atoms with van der Waals surface area (Å²) in [6.07, 6.45) is 4.97. The lowest BCUT2D eigenvalue weighted by atomic mass is 9.80. The number of nitrogens with zero attached hydrogens (tertiary/aromatic N) is 1. The van der Waals surface area contributed by atoms with Crippen molar-refractivity contribution in [1.82, 2.24) is 16.0 Å². The van der Waals surface area contributed by atoms with Crippen LogP contribution in [0.3, 0.4) is 0 Å². The maximum absolute atomic E-state index is 11.8. The predicted octanol–water partition coefficient (Wildman–Crippen LogP) is 2.14. The Balaban J connectivity index is 2.42. The highest BCUT2D eigenvalue weighted by Gasteiger charge is 2.27. The van der Waals surface area contributed by atoms with Gasteiger partial charge in [0.25, 0.3) is 0 Å². The van der Waals surface area contributed by atoms with E-state index in [1.54, 1.807) is 14.1 Å². The molecule has 5 heteroatoms. The number of hydrogen-bond donors (Lipinski definition) is 3. The van der Waals surface area contributed by atoms with Crippen LogP contribution in [0, 0.1) is 17.3 Å². The summed E-state index contributed by atoms with van der Waals surface area (Å²) in [6, 6.07) is 0.490. The summed E-state index contributed by atoms with van der Waals surface area (Å²) >= 11 is 0. The number of carbonyl (C=O) groups excluding carboxylic acids is 1. The van der Waals surface area contributed by atoms with Crippen LogP contribution >= 0.6 is 0 Å². The van der Waals surface area contributed by atoms with Crippen LogP contribution in [-0.2, 0) is 4.79 Å². The first-order valence-electron chi connectivity index (χ1n) is 8.49. The molecule has 0 aromatic heterocycles. The molecule has 1 rings (SSSR count). The Morgan fingerprint density at radius 3 is 2.27 bits per heavy atom. The highest BCUT2D eigenvalue weighted by atomic mass is 16.2. The summed E-state index contributed by atoms with van der Waals surface area (Å²) < 4.78 is 0. The Hall–Kier alpha value is -1.26. The molecule has 0 unspecified atom stereocenters.